The molecule has 0 bridgehead atoms. The van der Waals surface area contributed by atoms with Crippen molar-refractivity contribution in [2.24, 2.45) is 0 Å². The molecule has 0 radical (unpaired) electrons. The second-order valence-corrected chi connectivity index (χ2v) is 7.66. The van der Waals surface area contributed by atoms with E-state index in [1.165, 1.54) is 11.3 Å². The van der Waals surface area contributed by atoms with Gasteiger partial charge in [-0.15, -0.1) is 0 Å². The minimum atomic E-state index is -0.592. The molecule has 2 aromatic rings. The van der Waals surface area contributed by atoms with Crippen molar-refractivity contribution in [3.8, 4) is 5.75 Å². The average Bonchev–Trinajstić information content (AvgIpc) is 2.86. The predicted octanol–water partition coefficient (Wildman–Crippen LogP) is 4.11. The van der Waals surface area contributed by atoms with Gasteiger partial charge >= 0.3 is 0 Å². The molecule has 1 atom stereocenters. The number of hydrogen-bond donors (Lipinski definition) is 1. The Morgan fingerprint density at radius 1 is 1.15 bits per heavy atom. The number of ether oxygens (including phenoxy) is 1. The van der Waals surface area contributed by atoms with Crippen molar-refractivity contribution in [3.63, 3.8) is 0 Å². The first-order valence-electron chi connectivity index (χ1n) is 9.59. The molecule has 4 heteroatoms. The van der Waals surface area contributed by atoms with Crippen LogP contribution in [-0.4, -0.2) is 24.7 Å². The molecule has 27 heavy (non-hydrogen) atoms. The molecule has 0 unspecified atom stereocenters. The molecule has 0 saturated carbocycles. The Morgan fingerprint density at radius 3 is 2.70 bits per heavy atom. The van der Waals surface area contributed by atoms with Gasteiger partial charge in [0.05, 0.1) is 6.61 Å². The predicted molar refractivity (Wildman–Crippen MR) is 109 cm³/mol. The van der Waals surface area contributed by atoms with E-state index in [2.05, 4.69) is 60.5 Å². The first kappa shape index (κ1) is 17.7. The van der Waals surface area contributed by atoms with E-state index in [1.807, 2.05) is 31.2 Å². The first-order chi connectivity index (χ1) is 13.0. The van der Waals surface area contributed by atoms with Gasteiger partial charge in [-0.3, -0.25) is 4.79 Å². The Balaban J connectivity index is 1.82. The summed E-state index contributed by atoms with van der Waals surface area (Å²) in [6, 6.07) is 16.5. The van der Waals surface area contributed by atoms with Gasteiger partial charge in [0.2, 0.25) is 5.91 Å². The van der Waals surface area contributed by atoms with Gasteiger partial charge in [-0.2, -0.15) is 0 Å². The summed E-state index contributed by atoms with van der Waals surface area (Å²) in [7, 11) is 0. The van der Waals surface area contributed by atoms with Gasteiger partial charge in [0.15, 0.2) is 0 Å². The van der Waals surface area contributed by atoms with Gasteiger partial charge in [0.1, 0.15) is 11.4 Å². The first-order valence-corrected chi connectivity index (χ1v) is 9.59. The number of carbonyl (C=O) groups is 1. The van der Waals surface area contributed by atoms with Crippen molar-refractivity contribution in [2.45, 2.75) is 38.3 Å². The Hall–Kier alpha value is -2.75. The minimum absolute atomic E-state index is 0.0925. The summed E-state index contributed by atoms with van der Waals surface area (Å²) in [6.45, 7) is 7.73. The summed E-state index contributed by atoms with van der Waals surface area (Å²) in [5, 5.41) is 3.31. The van der Waals surface area contributed by atoms with Crippen molar-refractivity contribution in [1.82, 2.24) is 5.32 Å². The highest BCUT2D eigenvalue weighted by molar-refractivity contribution is 5.84. The molecule has 0 aliphatic carbocycles. The van der Waals surface area contributed by atoms with Gasteiger partial charge in [0, 0.05) is 29.6 Å². The van der Waals surface area contributed by atoms with E-state index >= 15 is 0 Å². The van der Waals surface area contributed by atoms with E-state index in [0.29, 0.717) is 19.6 Å². The number of benzene rings is 2. The van der Waals surface area contributed by atoms with E-state index in [9.17, 15) is 4.79 Å². The number of anilines is 1. The van der Waals surface area contributed by atoms with Crippen molar-refractivity contribution in [1.29, 1.82) is 0 Å². The SMILES string of the molecule is CCOc1ccccc1/C=C/[C@]12NC(=O)CCN1c1ccccc1C2(C)C. The summed E-state index contributed by atoms with van der Waals surface area (Å²) in [5.74, 6) is 0.949. The number of fused-ring (bicyclic) bond motifs is 3. The maximum atomic E-state index is 12.4. The van der Waals surface area contributed by atoms with Crippen molar-refractivity contribution >= 4 is 17.7 Å². The van der Waals surface area contributed by atoms with E-state index in [1.54, 1.807) is 0 Å². The van der Waals surface area contributed by atoms with Crippen LogP contribution in [0.3, 0.4) is 0 Å². The molecule has 0 aromatic heterocycles. The van der Waals surface area contributed by atoms with E-state index in [4.69, 9.17) is 4.74 Å². The van der Waals surface area contributed by atoms with Crippen LogP contribution in [0.1, 0.15) is 38.3 Å². The van der Waals surface area contributed by atoms with E-state index in [-0.39, 0.29) is 11.3 Å². The zero-order chi connectivity index (χ0) is 19.1. The molecule has 2 aliphatic heterocycles. The zero-order valence-electron chi connectivity index (χ0n) is 16.2. The second-order valence-electron chi connectivity index (χ2n) is 7.66. The highest BCUT2D eigenvalue weighted by atomic mass is 16.5. The van der Waals surface area contributed by atoms with Crippen LogP contribution < -0.4 is 15.0 Å². The molecule has 2 heterocycles. The number of hydrogen-bond acceptors (Lipinski definition) is 3. The minimum Gasteiger partial charge on any atom is -0.493 e. The molecule has 1 fully saturated rings. The molecule has 2 aliphatic rings. The monoisotopic (exact) mass is 362 g/mol. The molecular formula is C23H26N2O2. The van der Waals surface area contributed by atoms with Crippen LogP contribution in [0.25, 0.3) is 6.08 Å². The Bertz CT molecular complexity index is 903. The molecule has 4 rings (SSSR count). The van der Waals surface area contributed by atoms with Crippen LogP contribution in [0.5, 0.6) is 5.75 Å². The number of rotatable bonds is 4. The molecule has 2 aromatic carbocycles. The lowest BCUT2D eigenvalue weighted by Crippen LogP contribution is -2.68. The van der Waals surface area contributed by atoms with Gasteiger partial charge in [-0.1, -0.05) is 56.3 Å². The molecule has 1 saturated heterocycles. The van der Waals surface area contributed by atoms with Gasteiger partial charge in [-0.25, -0.2) is 0 Å². The zero-order valence-corrected chi connectivity index (χ0v) is 16.2. The van der Waals surface area contributed by atoms with Crippen LogP contribution in [0.2, 0.25) is 0 Å². The van der Waals surface area contributed by atoms with E-state index in [0.717, 1.165) is 11.3 Å². The van der Waals surface area contributed by atoms with Gasteiger partial charge in [-0.05, 0) is 30.7 Å². The Labute approximate surface area is 160 Å². The summed E-state index contributed by atoms with van der Waals surface area (Å²) >= 11 is 0. The highest BCUT2D eigenvalue weighted by Gasteiger charge is 2.57. The van der Waals surface area contributed by atoms with Crippen molar-refractivity contribution < 1.29 is 9.53 Å². The highest BCUT2D eigenvalue weighted by Crippen LogP contribution is 2.52. The number of amides is 1. The Kier molecular flexibility index (Phi) is 4.22. The lowest BCUT2D eigenvalue weighted by Gasteiger charge is -2.49. The summed E-state index contributed by atoms with van der Waals surface area (Å²) in [5.41, 5.74) is 2.61. The second kappa shape index (κ2) is 6.45. The van der Waals surface area contributed by atoms with Crippen LogP contribution in [0.4, 0.5) is 5.69 Å². The van der Waals surface area contributed by atoms with Gasteiger partial charge < -0.3 is 15.0 Å². The van der Waals surface area contributed by atoms with Crippen LogP contribution in [0.15, 0.2) is 54.6 Å². The molecule has 0 spiro atoms. The van der Waals surface area contributed by atoms with Crippen LogP contribution in [-0.2, 0) is 10.2 Å². The third-order valence-corrected chi connectivity index (χ3v) is 5.86. The van der Waals surface area contributed by atoms with Crippen molar-refractivity contribution in [3.05, 3.63) is 65.7 Å². The standard InChI is InChI=1S/C23H26N2O2/c1-4-27-20-12-8-5-9-17(20)13-15-23-22(2,3)18-10-6-7-11-19(18)25(23)16-14-21(26)24-23/h5-13,15H,4,14,16H2,1-3H3,(H,24,26)/b15-13+/t23-/m0/s1. The van der Waals surface area contributed by atoms with Crippen LogP contribution in [0, 0.1) is 0 Å². The topological polar surface area (TPSA) is 41.6 Å². The third-order valence-electron chi connectivity index (χ3n) is 5.86. The largest absolute Gasteiger partial charge is 0.493 e. The quantitative estimate of drug-likeness (QED) is 0.890. The number of para-hydroxylation sites is 2. The lowest BCUT2D eigenvalue weighted by atomic mass is 9.74. The average molecular weight is 362 g/mol. The van der Waals surface area contributed by atoms with Gasteiger partial charge in [0.25, 0.3) is 0 Å². The number of nitrogens with zero attached hydrogens (tertiary/aromatic N) is 1. The molecule has 1 N–H and O–H groups in total. The lowest BCUT2D eigenvalue weighted by molar-refractivity contribution is -0.124. The van der Waals surface area contributed by atoms with Crippen molar-refractivity contribution in [2.75, 3.05) is 18.1 Å². The normalized spacial score (nSPS) is 23.1. The summed E-state index contributed by atoms with van der Waals surface area (Å²) in [6.07, 6.45) is 4.73. The molecular weight excluding hydrogens is 336 g/mol. The van der Waals surface area contributed by atoms with E-state index < -0.39 is 5.66 Å². The maximum Gasteiger partial charge on any atom is 0.223 e. The number of carbonyl (C=O) groups excluding carboxylic acids is 1. The fourth-order valence-electron chi connectivity index (χ4n) is 4.43. The maximum absolute atomic E-state index is 12.4. The Morgan fingerprint density at radius 2 is 1.89 bits per heavy atom. The summed E-state index contributed by atoms with van der Waals surface area (Å²) in [4.78, 5) is 14.8. The third kappa shape index (κ3) is 2.62. The van der Waals surface area contributed by atoms with Crippen LogP contribution >= 0.6 is 0 Å². The molecule has 140 valence electrons. The molecule has 1 amide bonds. The molecule has 4 nitrogen and oxygen atoms in total. The summed E-state index contributed by atoms with van der Waals surface area (Å²) < 4.78 is 5.77. The smallest absolute Gasteiger partial charge is 0.223 e. The number of nitrogens with one attached hydrogen (secondary N) is 1. The fourth-order valence-corrected chi connectivity index (χ4v) is 4.43. The fraction of sp³-hybridized carbons (Fsp3) is 0.348.